The molecule has 0 saturated carbocycles. The third-order valence-electron chi connectivity index (χ3n) is 6.58. The fourth-order valence-electron chi connectivity index (χ4n) is 4.48. The van der Waals surface area contributed by atoms with Gasteiger partial charge in [-0.2, -0.15) is 0 Å². The number of methoxy groups -OCH3 is 1. The van der Waals surface area contributed by atoms with Crippen LogP contribution in [0.25, 0.3) is 11.0 Å². The minimum Gasteiger partial charge on any atom is -0.497 e. The maximum Gasteiger partial charge on any atom is 0.226 e. The van der Waals surface area contributed by atoms with Crippen LogP contribution >= 0.6 is 0 Å². The molecule has 2 heterocycles. The highest BCUT2D eigenvalue weighted by molar-refractivity contribution is 5.79. The number of amides is 1. The summed E-state index contributed by atoms with van der Waals surface area (Å²) in [7, 11) is 3.60. The number of rotatable bonds is 7. The Bertz CT molecular complexity index is 1060. The van der Waals surface area contributed by atoms with Crippen molar-refractivity contribution >= 4 is 16.9 Å². The Kier molecular flexibility index (Phi) is 6.80. The van der Waals surface area contributed by atoms with Gasteiger partial charge in [-0.15, -0.1) is 0 Å². The number of aromatic nitrogens is 2. The zero-order valence-electron chi connectivity index (χ0n) is 19.6. The first kappa shape index (κ1) is 22.3. The van der Waals surface area contributed by atoms with Crippen LogP contribution in [0.15, 0.2) is 48.5 Å². The van der Waals surface area contributed by atoms with Crippen molar-refractivity contribution in [2.24, 2.45) is 5.92 Å². The van der Waals surface area contributed by atoms with Crippen molar-refractivity contribution in [3.05, 3.63) is 59.9 Å². The molecule has 0 unspecified atom stereocenters. The van der Waals surface area contributed by atoms with Gasteiger partial charge >= 0.3 is 0 Å². The number of carbonyl (C=O) groups excluding carboxylic acids is 1. The fourth-order valence-corrected chi connectivity index (χ4v) is 4.48. The van der Waals surface area contributed by atoms with Gasteiger partial charge in [0, 0.05) is 26.2 Å². The van der Waals surface area contributed by atoms with E-state index in [0.29, 0.717) is 0 Å². The van der Waals surface area contributed by atoms with Crippen LogP contribution in [-0.4, -0.2) is 58.5 Å². The molecule has 1 amide bonds. The molecular weight excluding hydrogens is 400 g/mol. The lowest BCUT2D eigenvalue weighted by Gasteiger charge is -2.34. The summed E-state index contributed by atoms with van der Waals surface area (Å²) in [5, 5.41) is 0. The van der Waals surface area contributed by atoms with E-state index in [4.69, 9.17) is 9.72 Å². The SMILES string of the molecule is COc1ccc(Cn2c(CN3CCC[C@@H](C(=O)N(C)C(C)C)C3)nc3ccccc32)cc1. The zero-order chi connectivity index (χ0) is 22.7. The van der Waals surface area contributed by atoms with E-state index in [0.717, 1.165) is 61.6 Å². The first-order valence-electron chi connectivity index (χ1n) is 11.5. The van der Waals surface area contributed by atoms with Gasteiger partial charge in [0.1, 0.15) is 11.6 Å². The number of hydrogen-bond donors (Lipinski definition) is 0. The maximum absolute atomic E-state index is 12.9. The topological polar surface area (TPSA) is 50.6 Å². The van der Waals surface area contributed by atoms with Crippen LogP contribution in [0.4, 0.5) is 0 Å². The molecule has 0 radical (unpaired) electrons. The van der Waals surface area contributed by atoms with Gasteiger partial charge in [0.15, 0.2) is 0 Å². The van der Waals surface area contributed by atoms with E-state index in [9.17, 15) is 4.79 Å². The molecule has 2 aromatic carbocycles. The average Bonchev–Trinajstić information content (AvgIpc) is 3.15. The lowest BCUT2D eigenvalue weighted by atomic mass is 9.96. The van der Waals surface area contributed by atoms with Crippen LogP contribution in [0.3, 0.4) is 0 Å². The van der Waals surface area contributed by atoms with E-state index in [1.165, 1.54) is 5.56 Å². The molecule has 4 rings (SSSR count). The van der Waals surface area contributed by atoms with Crippen LogP contribution in [0.2, 0.25) is 0 Å². The highest BCUT2D eigenvalue weighted by Crippen LogP contribution is 2.24. The van der Waals surface area contributed by atoms with Gasteiger partial charge in [0.2, 0.25) is 5.91 Å². The molecule has 6 heteroatoms. The van der Waals surface area contributed by atoms with Crippen LogP contribution in [-0.2, 0) is 17.9 Å². The Labute approximate surface area is 190 Å². The molecule has 1 aliphatic heterocycles. The second-order valence-corrected chi connectivity index (χ2v) is 9.07. The summed E-state index contributed by atoms with van der Waals surface area (Å²) in [5.74, 6) is 2.24. The minimum absolute atomic E-state index is 0.0653. The molecule has 3 aromatic rings. The molecule has 1 atom stereocenters. The van der Waals surface area contributed by atoms with Crippen LogP contribution < -0.4 is 4.74 Å². The van der Waals surface area contributed by atoms with Gasteiger partial charge < -0.3 is 14.2 Å². The highest BCUT2D eigenvalue weighted by Gasteiger charge is 2.29. The summed E-state index contributed by atoms with van der Waals surface area (Å²) in [6.07, 6.45) is 2.01. The zero-order valence-corrected chi connectivity index (χ0v) is 19.6. The molecule has 1 saturated heterocycles. The van der Waals surface area contributed by atoms with E-state index < -0.39 is 0 Å². The monoisotopic (exact) mass is 434 g/mol. The number of para-hydroxylation sites is 2. The average molecular weight is 435 g/mol. The number of carbonyl (C=O) groups is 1. The molecule has 0 bridgehead atoms. The van der Waals surface area contributed by atoms with Gasteiger partial charge in [-0.25, -0.2) is 4.98 Å². The molecule has 0 aliphatic carbocycles. The maximum atomic E-state index is 12.9. The fraction of sp³-hybridized carbons (Fsp3) is 0.462. The highest BCUT2D eigenvalue weighted by atomic mass is 16.5. The number of fused-ring (bicyclic) bond motifs is 1. The third kappa shape index (κ3) is 4.80. The van der Waals surface area contributed by atoms with E-state index in [1.54, 1.807) is 7.11 Å². The second-order valence-electron chi connectivity index (χ2n) is 9.07. The summed E-state index contributed by atoms with van der Waals surface area (Å²) < 4.78 is 7.61. The van der Waals surface area contributed by atoms with Crippen molar-refractivity contribution in [2.45, 2.75) is 45.8 Å². The van der Waals surface area contributed by atoms with Gasteiger partial charge in [-0.05, 0) is 63.1 Å². The lowest BCUT2D eigenvalue weighted by molar-refractivity contribution is -0.137. The number of nitrogens with zero attached hydrogens (tertiary/aromatic N) is 4. The van der Waals surface area contributed by atoms with Crippen molar-refractivity contribution in [3.8, 4) is 5.75 Å². The summed E-state index contributed by atoms with van der Waals surface area (Å²) in [5.41, 5.74) is 3.36. The van der Waals surface area contributed by atoms with E-state index >= 15 is 0 Å². The van der Waals surface area contributed by atoms with E-state index in [1.807, 2.05) is 30.1 Å². The predicted octanol–water partition coefficient (Wildman–Crippen LogP) is 4.17. The molecule has 0 N–H and O–H groups in total. The number of ether oxygens (including phenoxy) is 1. The Balaban J connectivity index is 1.56. The number of likely N-dealkylation sites (tertiary alicyclic amines) is 1. The van der Waals surface area contributed by atoms with Crippen molar-refractivity contribution in [3.63, 3.8) is 0 Å². The standard InChI is InChI=1S/C26H34N4O2/c1-19(2)28(3)26(31)21-8-7-15-29(17-21)18-25-27-23-9-5-6-10-24(23)30(25)16-20-11-13-22(32-4)14-12-20/h5-6,9-14,19,21H,7-8,15-18H2,1-4H3/t21-/m1/s1. The van der Waals surface area contributed by atoms with Gasteiger partial charge in [0.05, 0.1) is 30.6 Å². The summed E-state index contributed by atoms with van der Waals surface area (Å²) >= 11 is 0. The summed E-state index contributed by atoms with van der Waals surface area (Å²) in [6, 6.07) is 16.7. The number of piperidine rings is 1. The van der Waals surface area contributed by atoms with Crippen LogP contribution in [0.1, 0.15) is 38.1 Å². The van der Waals surface area contributed by atoms with Crippen molar-refractivity contribution in [1.82, 2.24) is 19.4 Å². The summed E-state index contributed by atoms with van der Waals surface area (Å²) in [6.45, 7) is 7.44. The molecule has 6 nitrogen and oxygen atoms in total. The molecular formula is C26H34N4O2. The number of imidazole rings is 1. The van der Waals surface area contributed by atoms with Gasteiger partial charge in [-0.3, -0.25) is 9.69 Å². The minimum atomic E-state index is 0.0653. The first-order chi connectivity index (χ1) is 15.5. The second kappa shape index (κ2) is 9.74. The molecule has 1 fully saturated rings. The smallest absolute Gasteiger partial charge is 0.226 e. The summed E-state index contributed by atoms with van der Waals surface area (Å²) in [4.78, 5) is 22.2. The van der Waals surface area contributed by atoms with Gasteiger partial charge in [-0.1, -0.05) is 24.3 Å². The lowest BCUT2D eigenvalue weighted by Crippen LogP contribution is -2.45. The Morgan fingerprint density at radius 3 is 2.62 bits per heavy atom. The Morgan fingerprint density at radius 1 is 1.16 bits per heavy atom. The molecule has 1 aliphatic rings. The van der Waals surface area contributed by atoms with Crippen molar-refractivity contribution in [2.75, 3.05) is 27.2 Å². The quantitative estimate of drug-likeness (QED) is 0.560. The molecule has 1 aromatic heterocycles. The number of hydrogen-bond acceptors (Lipinski definition) is 4. The van der Waals surface area contributed by atoms with Crippen molar-refractivity contribution in [1.29, 1.82) is 0 Å². The van der Waals surface area contributed by atoms with Crippen LogP contribution in [0, 0.1) is 5.92 Å². The molecule has 32 heavy (non-hydrogen) atoms. The third-order valence-corrected chi connectivity index (χ3v) is 6.58. The first-order valence-corrected chi connectivity index (χ1v) is 11.5. The normalized spacial score (nSPS) is 17.1. The largest absolute Gasteiger partial charge is 0.497 e. The molecule has 170 valence electrons. The van der Waals surface area contributed by atoms with Crippen LogP contribution in [0.5, 0.6) is 5.75 Å². The van der Waals surface area contributed by atoms with E-state index in [2.05, 4.69) is 53.6 Å². The Hall–Kier alpha value is -2.86. The van der Waals surface area contributed by atoms with Crippen molar-refractivity contribution < 1.29 is 9.53 Å². The number of benzene rings is 2. The Morgan fingerprint density at radius 2 is 1.91 bits per heavy atom. The van der Waals surface area contributed by atoms with Gasteiger partial charge in [0.25, 0.3) is 0 Å². The molecule has 0 spiro atoms. The van der Waals surface area contributed by atoms with E-state index in [-0.39, 0.29) is 17.9 Å². The predicted molar refractivity (Wildman–Crippen MR) is 128 cm³/mol.